The number of hydrogen-bond donors (Lipinski definition) is 1. The van der Waals surface area contributed by atoms with Crippen LogP contribution >= 0.6 is 11.6 Å². The number of halogens is 4. The van der Waals surface area contributed by atoms with E-state index >= 15 is 0 Å². The van der Waals surface area contributed by atoms with Crippen LogP contribution in [0.25, 0.3) is 5.69 Å². The number of hydrogen-bond acceptors (Lipinski definition) is 2. The molecule has 0 bridgehead atoms. The van der Waals surface area contributed by atoms with Gasteiger partial charge in [0.05, 0.1) is 11.3 Å². The molecule has 0 saturated carbocycles. The molecule has 2 rings (SSSR count). The van der Waals surface area contributed by atoms with Crippen molar-refractivity contribution in [1.82, 2.24) is 9.55 Å². The predicted octanol–water partition coefficient (Wildman–Crippen LogP) is 4.61. The van der Waals surface area contributed by atoms with E-state index in [1.165, 1.54) is 29.1 Å². The number of alkyl halides is 3. The number of anilines is 1. The van der Waals surface area contributed by atoms with Crippen molar-refractivity contribution in [2.24, 2.45) is 5.92 Å². The van der Waals surface area contributed by atoms with Gasteiger partial charge in [-0.25, -0.2) is 4.98 Å². The van der Waals surface area contributed by atoms with Gasteiger partial charge in [-0.15, -0.1) is 0 Å². The Labute approximate surface area is 125 Å². The van der Waals surface area contributed by atoms with Crippen molar-refractivity contribution in [2.45, 2.75) is 20.0 Å². The molecular formula is C14H15ClF3N3. The van der Waals surface area contributed by atoms with Gasteiger partial charge >= 0.3 is 6.18 Å². The van der Waals surface area contributed by atoms with Gasteiger partial charge in [0.2, 0.25) is 5.95 Å². The Morgan fingerprint density at radius 2 is 2.05 bits per heavy atom. The van der Waals surface area contributed by atoms with Gasteiger partial charge in [-0.1, -0.05) is 25.4 Å². The molecule has 114 valence electrons. The minimum absolute atomic E-state index is 0.00402. The molecule has 0 aliphatic rings. The van der Waals surface area contributed by atoms with Gasteiger partial charge in [-0.3, -0.25) is 4.57 Å². The van der Waals surface area contributed by atoms with Crippen LogP contribution in [0.4, 0.5) is 19.1 Å². The summed E-state index contributed by atoms with van der Waals surface area (Å²) in [5.74, 6) is 0.721. The van der Waals surface area contributed by atoms with E-state index in [2.05, 4.69) is 10.3 Å². The van der Waals surface area contributed by atoms with Crippen LogP contribution in [0.2, 0.25) is 5.02 Å². The summed E-state index contributed by atoms with van der Waals surface area (Å²) >= 11 is 5.69. The molecule has 7 heteroatoms. The maximum Gasteiger partial charge on any atom is 0.418 e. The highest BCUT2D eigenvalue weighted by atomic mass is 35.5. The highest BCUT2D eigenvalue weighted by Gasteiger charge is 2.34. The van der Waals surface area contributed by atoms with Crippen molar-refractivity contribution in [3.8, 4) is 5.69 Å². The third-order valence-corrected chi connectivity index (χ3v) is 3.07. The van der Waals surface area contributed by atoms with Gasteiger partial charge in [0.1, 0.15) is 0 Å². The molecule has 1 heterocycles. The number of benzene rings is 1. The number of rotatable bonds is 4. The highest BCUT2D eigenvalue weighted by Crippen LogP contribution is 2.36. The average Bonchev–Trinajstić information content (AvgIpc) is 2.83. The lowest BCUT2D eigenvalue weighted by Crippen LogP contribution is -2.15. The first-order valence-corrected chi connectivity index (χ1v) is 6.81. The monoisotopic (exact) mass is 317 g/mol. The normalized spacial score (nSPS) is 12.0. The second-order valence-corrected chi connectivity index (χ2v) is 5.49. The summed E-state index contributed by atoms with van der Waals surface area (Å²) in [6.07, 6.45) is -1.54. The quantitative estimate of drug-likeness (QED) is 0.892. The molecule has 0 aliphatic heterocycles. The van der Waals surface area contributed by atoms with E-state index in [-0.39, 0.29) is 10.7 Å². The summed E-state index contributed by atoms with van der Waals surface area (Å²) in [4.78, 5) is 4.06. The summed E-state index contributed by atoms with van der Waals surface area (Å²) in [7, 11) is 0. The second kappa shape index (κ2) is 5.97. The first kappa shape index (κ1) is 15.7. The Bertz CT molecular complexity index is 620. The highest BCUT2D eigenvalue weighted by molar-refractivity contribution is 6.30. The Morgan fingerprint density at radius 3 is 2.67 bits per heavy atom. The van der Waals surface area contributed by atoms with Crippen molar-refractivity contribution >= 4 is 17.5 Å². The van der Waals surface area contributed by atoms with E-state index in [1.54, 1.807) is 0 Å². The third kappa shape index (κ3) is 3.69. The SMILES string of the molecule is CC(C)CNc1nccn1-c1ccc(Cl)cc1C(F)(F)F. The fourth-order valence-electron chi connectivity index (χ4n) is 1.87. The van der Waals surface area contributed by atoms with Crippen LogP contribution in [0, 0.1) is 5.92 Å². The van der Waals surface area contributed by atoms with Gasteiger partial charge < -0.3 is 5.32 Å². The molecule has 0 spiro atoms. The van der Waals surface area contributed by atoms with Crippen molar-refractivity contribution in [1.29, 1.82) is 0 Å². The number of aromatic nitrogens is 2. The molecule has 0 amide bonds. The van der Waals surface area contributed by atoms with E-state index < -0.39 is 11.7 Å². The molecule has 0 aliphatic carbocycles. The Balaban J connectivity index is 2.46. The fourth-order valence-corrected chi connectivity index (χ4v) is 2.04. The third-order valence-electron chi connectivity index (χ3n) is 2.83. The van der Waals surface area contributed by atoms with Crippen LogP contribution in [0.15, 0.2) is 30.6 Å². The zero-order valence-corrected chi connectivity index (χ0v) is 12.3. The molecule has 0 unspecified atom stereocenters. The van der Waals surface area contributed by atoms with Crippen LogP contribution in [0.5, 0.6) is 0 Å². The van der Waals surface area contributed by atoms with E-state index in [0.29, 0.717) is 18.4 Å². The first-order chi connectivity index (χ1) is 9.79. The molecular weight excluding hydrogens is 303 g/mol. The Morgan fingerprint density at radius 1 is 1.33 bits per heavy atom. The molecule has 21 heavy (non-hydrogen) atoms. The van der Waals surface area contributed by atoms with Gasteiger partial charge in [-0.05, 0) is 24.1 Å². The van der Waals surface area contributed by atoms with E-state index in [1.807, 2.05) is 13.8 Å². The van der Waals surface area contributed by atoms with Crippen molar-refractivity contribution in [3.05, 3.63) is 41.2 Å². The average molecular weight is 318 g/mol. The summed E-state index contributed by atoms with van der Waals surface area (Å²) in [6, 6.07) is 3.69. The smallest absolute Gasteiger partial charge is 0.355 e. The summed E-state index contributed by atoms with van der Waals surface area (Å²) in [6.45, 7) is 4.62. The van der Waals surface area contributed by atoms with Crippen LogP contribution < -0.4 is 5.32 Å². The Hall–Kier alpha value is -1.69. The molecule has 0 radical (unpaired) electrons. The fraction of sp³-hybridized carbons (Fsp3) is 0.357. The Kier molecular flexibility index (Phi) is 4.46. The van der Waals surface area contributed by atoms with Crippen LogP contribution in [-0.4, -0.2) is 16.1 Å². The minimum Gasteiger partial charge on any atom is -0.355 e. The van der Waals surface area contributed by atoms with Gasteiger partial charge in [0, 0.05) is 24.0 Å². The number of nitrogens with zero attached hydrogens (tertiary/aromatic N) is 2. The van der Waals surface area contributed by atoms with Crippen molar-refractivity contribution in [3.63, 3.8) is 0 Å². The zero-order chi connectivity index (χ0) is 15.6. The van der Waals surface area contributed by atoms with Crippen LogP contribution in [-0.2, 0) is 6.18 Å². The summed E-state index contributed by atoms with van der Waals surface area (Å²) in [5.41, 5.74) is -0.795. The van der Waals surface area contributed by atoms with Gasteiger partial charge in [0.15, 0.2) is 0 Å². The molecule has 3 nitrogen and oxygen atoms in total. The molecule has 0 atom stereocenters. The second-order valence-electron chi connectivity index (χ2n) is 5.05. The molecule has 1 N–H and O–H groups in total. The van der Waals surface area contributed by atoms with Crippen LogP contribution in [0.1, 0.15) is 19.4 Å². The van der Waals surface area contributed by atoms with Gasteiger partial charge in [0.25, 0.3) is 0 Å². The molecule has 1 aromatic heterocycles. The van der Waals surface area contributed by atoms with Gasteiger partial charge in [-0.2, -0.15) is 13.2 Å². The molecule has 0 saturated heterocycles. The molecule has 1 aromatic carbocycles. The summed E-state index contributed by atoms with van der Waals surface area (Å²) in [5, 5.41) is 3.08. The predicted molar refractivity (Wildman–Crippen MR) is 76.9 cm³/mol. The lowest BCUT2D eigenvalue weighted by atomic mass is 10.1. The van der Waals surface area contributed by atoms with E-state index in [4.69, 9.17) is 11.6 Å². The topological polar surface area (TPSA) is 29.9 Å². The molecule has 0 fully saturated rings. The van der Waals surface area contributed by atoms with Crippen molar-refractivity contribution < 1.29 is 13.2 Å². The standard InChI is InChI=1S/C14H15ClF3N3/c1-9(2)8-20-13-19-5-6-21(13)12-4-3-10(15)7-11(12)14(16,17)18/h3-7,9H,8H2,1-2H3,(H,19,20). The van der Waals surface area contributed by atoms with Crippen LogP contribution in [0.3, 0.4) is 0 Å². The number of nitrogens with one attached hydrogen (secondary N) is 1. The zero-order valence-electron chi connectivity index (χ0n) is 11.6. The summed E-state index contributed by atoms with van der Waals surface area (Å²) < 4.78 is 40.8. The lowest BCUT2D eigenvalue weighted by Gasteiger charge is -2.16. The lowest BCUT2D eigenvalue weighted by molar-refractivity contribution is -0.137. The van der Waals surface area contributed by atoms with E-state index in [9.17, 15) is 13.2 Å². The molecule has 2 aromatic rings. The number of imidazole rings is 1. The van der Waals surface area contributed by atoms with E-state index in [0.717, 1.165) is 6.07 Å². The van der Waals surface area contributed by atoms with Crippen molar-refractivity contribution in [2.75, 3.05) is 11.9 Å². The largest absolute Gasteiger partial charge is 0.418 e. The first-order valence-electron chi connectivity index (χ1n) is 6.43. The maximum atomic E-state index is 13.2. The maximum absolute atomic E-state index is 13.2. The minimum atomic E-state index is -4.49.